The zero-order chi connectivity index (χ0) is 15.7. The van der Waals surface area contributed by atoms with E-state index in [1.807, 2.05) is 6.07 Å². The number of nitrogens with zero attached hydrogens (tertiary/aromatic N) is 2. The van der Waals surface area contributed by atoms with Crippen LogP contribution in [0.3, 0.4) is 0 Å². The number of nitrogens with one attached hydrogen (secondary N) is 1. The highest BCUT2D eigenvalue weighted by molar-refractivity contribution is 6.31. The van der Waals surface area contributed by atoms with E-state index in [1.165, 1.54) is 12.1 Å². The summed E-state index contributed by atoms with van der Waals surface area (Å²) in [6.45, 7) is 1.79. The Morgan fingerprint density at radius 1 is 1.32 bits per heavy atom. The van der Waals surface area contributed by atoms with Gasteiger partial charge < -0.3 is 5.32 Å². The van der Waals surface area contributed by atoms with Gasteiger partial charge in [0.2, 0.25) is 5.91 Å². The number of aromatic nitrogens is 2. The highest BCUT2D eigenvalue weighted by Gasteiger charge is 2.10. The largest absolute Gasteiger partial charge is 0.324 e. The van der Waals surface area contributed by atoms with Crippen molar-refractivity contribution in [3.05, 3.63) is 59.0 Å². The number of carbonyl (C=O) groups excluding carboxylic acids is 1. The van der Waals surface area contributed by atoms with Crippen LogP contribution in [0.15, 0.2) is 42.6 Å². The van der Waals surface area contributed by atoms with E-state index >= 15 is 0 Å². The number of fused-ring (bicyclic) bond motifs is 1. The molecule has 0 aliphatic carbocycles. The summed E-state index contributed by atoms with van der Waals surface area (Å²) in [6.07, 6.45) is 1.68. The number of benzene rings is 2. The average molecular weight is 318 g/mol. The first-order valence-corrected chi connectivity index (χ1v) is 7.08. The van der Waals surface area contributed by atoms with Crippen LogP contribution in [0.25, 0.3) is 10.9 Å². The summed E-state index contributed by atoms with van der Waals surface area (Å²) in [7, 11) is 0. The highest BCUT2D eigenvalue weighted by Crippen LogP contribution is 2.19. The van der Waals surface area contributed by atoms with Gasteiger partial charge in [-0.2, -0.15) is 5.10 Å². The molecule has 6 heteroatoms. The molecule has 1 heterocycles. The van der Waals surface area contributed by atoms with Crippen LogP contribution < -0.4 is 5.32 Å². The first kappa shape index (κ1) is 14.5. The van der Waals surface area contributed by atoms with E-state index in [2.05, 4.69) is 10.4 Å². The molecule has 112 valence electrons. The van der Waals surface area contributed by atoms with Crippen LogP contribution in [-0.4, -0.2) is 15.7 Å². The van der Waals surface area contributed by atoms with Gasteiger partial charge in [0.1, 0.15) is 12.4 Å². The van der Waals surface area contributed by atoms with E-state index in [-0.39, 0.29) is 18.3 Å². The van der Waals surface area contributed by atoms with E-state index in [4.69, 9.17) is 11.6 Å². The molecule has 0 aliphatic rings. The van der Waals surface area contributed by atoms with Gasteiger partial charge in [0.05, 0.1) is 11.7 Å². The molecule has 0 aliphatic heterocycles. The first-order valence-electron chi connectivity index (χ1n) is 6.70. The van der Waals surface area contributed by atoms with Crippen LogP contribution in [-0.2, 0) is 11.3 Å². The Morgan fingerprint density at radius 2 is 2.14 bits per heavy atom. The third-order valence-electron chi connectivity index (χ3n) is 3.36. The number of halogens is 2. The van der Waals surface area contributed by atoms with E-state index in [0.717, 1.165) is 10.9 Å². The number of hydrogen-bond acceptors (Lipinski definition) is 2. The predicted molar refractivity (Wildman–Crippen MR) is 84.5 cm³/mol. The molecule has 4 nitrogen and oxygen atoms in total. The number of hydrogen-bond donors (Lipinski definition) is 1. The molecule has 0 atom stereocenters. The molecule has 0 saturated heterocycles. The van der Waals surface area contributed by atoms with Gasteiger partial charge in [0.15, 0.2) is 0 Å². The molecule has 0 radical (unpaired) electrons. The second-order valence-corrected chi connectivity index (χ2v) is 5.45. The molecule has 0 spiro atoms. The lowest BCUT2D eigenvalue weighted by Crippen LogP contribution is -2.19. The smallest absolute Gasteiger partial charge is 0.246 e. The summed E-state index contributed by atoms with van der Waals surface area (Å²) in [5.41, 5.74) is 2.04. The maximum absolute atomic E-state index is 13.1. The van der Waals surface area contributed by atoms with E-state index < -0.39 is 0 Å². The summed E-state index contributed by atoms with van der Waals surface area (Å²) < 4.78 is 14.6. The normalized spacial score (nSPS) is 10.9. The molecule has 0 saturated carbocycles. The van der Waals surface area contributed by atoms with Gasteiger partial charge in [-0.05, 0) is 48.9 Å². The van der Waals surface area contributed by atoms with Crippen molar-refractivity contribution in [1.29, 1.82) is 0 Å². The third kappa shape index (κ3) is 2.94. The summed E-state index contributed by atoms with van der Waals surface area (Å²) in [6, 6.07) is 9.62. The van der Waals surface area contributed by atoms with Gasteiger partial charge in [-0.25, -0.2) is 4.39 Å². The second kappa shape index (κ2) is 5.77. The topological polar surface area (TPSA) is 46.9 Å². The SMILES string of the molecule is Cc1cc(F)ccc1NC(=O)Cn1ncc2ccc(Cl)cc21. The van der Waals surface area contributed by atoms with Crippen molar-refractivity contribution in [3.63, 3.8) is 0 Å². The number of aryl methyl sites for hydroxylation is 1. The van der Waals surface area contributed by atoms with Crippen LogP contribution in [0.5, 0.6) is 0 Å². The molecule has 1 N–H and O–H groups in total. The van der Waals surface area contributed by atoms with Crippen molar-refractivity contribution >= 4 is 34.1 Å². The molecule has 1 amide bonds. The number of amides is 1. The summed E-state index contributed by atoms with van der Waals surface area (Å²) in [5, 5.41) is 8.45. The molecule has 2 aromatic carbocycles. The number of rotatable bonds is 3. The van der Waals surface area contributed by atoms with Crippen LogP contribution in [0.1, 0.15) is 5.56 Å². The Kier molecular flexibility index (Phi) is 3.81. The van der Waals surface area contributed by atoms with Crippen molar-refractivity contribution in [2.75, 3.05) is 5.32 Å². The minimum absolute atomic E-state index is 0.0562. The lowest BCUT2D eigenvalue weighted by molar-refractivity contribution is -0.116. The summed E-state index contributed by atoms with van der Waals surface area (Å²) in [5.74, 6) is -0.567. The minimum atomic E-state index is -0.330. The fourth-order valence-electron chi connectivity index (χ4n) is 2.26. The number of carbonyl (C=O) groups is 1. The Labute approximate surface area is 131 Å². The van der Waals surface area contributed by atoms with Crippen molar-refractivity contribution in [3.8, 4) is 0 Å². The average Bonchev–Trinajstić information content (AvgIpc) is 2.84. The maximum atomic E-state index is 13.1. The molecule has 0 fully saturated rings. The van der Waals surface area contributed by atoms with Crippen molar-refractivity contribution in [1.82, 2.24) is 9.78 Å². The third-order valence-corrected chi connectivity index (χ3v) is 3.60. The standard InChI is InChI=1S/C16H13ClFN3O/c1-10-6-13(18)4-5-14(10)20-16(22)9-21-15-7-12(17)3-2-11(15)8-19-21/h2-8H,9H2,1H3,(H,20,22). The first-order chi connectivity index (χ1) is 10.5. The van der Waals surface area contributed by atoms with Crippen LogP contribution in [0, 0.1) is 12.7 Å². The Bertz CT molecular complexity index is 860. The summed E-state index contributed by atoms with van der Waals surface area (Å²) >= 11 is 5.97. The zero-order valence-corrected chi connectivity index (χ0v) is 12.6. The van der Waals surface area contributed by atoms with Crippen LogP contribution in [0.2, 0.25) is 5.02 Å². The van der Waals surface area contributed by atoms with Crippen LogP contribution >= 0.6 is 11.6 Å². The Balaban J connectivity index is 1.79. The van der Waals surface area contributed by atoms with Gasteiger partial charge >= 0.3 is 0 Å². The molecular weight excluding hydrogens is 305 g/mol. The molecule has 3 rings (SSSR count). The highest BCUT2D eigenvalue weighted by atomic mass is 35.5. The van der Waals surface area contributed by atoms with Crippen molar-refractivity contribution in [2.45, 2.75) is 13.5 Å². The Hall–Kier alpha value is -2.40. The van der Waals surface area contributed by atoms with E-state index in [0.29, 0.717) is 16.3 Å². The lowest BCUT2D eigenvalue weighted by Gasteiger charge is -2.09. The van der Waals surface area contributed by atoms with Crippen molar-refractivity contribution in [2.24, 2.45) is 0 Å². The monoisotopic (exact) mass is 317 g/mol. The summed E-state index contributed by atoms with van der Waals surface area (Å²) in [4.78, 5) is 12.1. The van der Waals surface area contributed by atoms with E-state index in [9.17, 15) is 9.18 Å². The van der Waals surface area contributed by atoms with Gasteiger partial charge in [-0.3, -0.25) is 9.48 Å². The van der Waals surface area contributed by atoms with Crippen molar-refractivity contribution < 1.29 is 9.18 Å². The predicted octanol–water partition coefficient (Wildman–Crippen LogP) is 3.78. The van der Waals surface area contributed by atoms with Gasteiger partial charge in [0.25, 0.3) is 0 Å². The molecule has 0 unspecified atom stereocenters. The lowest BCUT2D eigenvalue weighted by atomic mass is 10.2. The van der Waals surface area contributed by atoms with Gasteiger partial charge in [-0.1, -0.05) is 11.6 Å². The van der Waals surface area contributed by atoms with E-state index in [1.54, 1.807) is 36.0 Å². The fraction of sp³-hybridized carbons (Fsp3) is 0.125. The molecule has 0 bridgehead atoms. The second-order valence-electron chi connectivity index (χ2n) is 5.01. The Morgan fingerprint density at radius 3 is 2.91 bits per heavy atom. The molecule has 3 aromatic rings. The molecule has 1 aromatic heterocycles. The van der Waals surface area contributed by atoms with Gasteiger partial charge in [-0.15, -0.1) is 0 Å². The fourth-order valence-corrected chi connectivity index (χ4v) is 2.43. The van der Waals surface area contributed by atoms with Crippen LogP contribution in [0.4, 0.5) is 10.1 Å². The molecule has 22 heavy (non-hydrogen) atoms. The maximum Gasteiger partial charge on any atom is 0.246 e. The number of anilines is 1. The quantitative estimate of drug-likeness (QED) is 0.799. The minimum Gasteiger partial charge on any atom is -0.324 e. The van der Waals surface area contributed by atoms with Gasteiger partial charge in [0, 0.05) is 16.1 Å². The molecular formula is C16H13ClFN3O. The zero-order valence-electron chi connectivity index (χ0n) is 11.8.